The summed E-state index contributed by atoms with van der Waals surface area (Å²) in [5.41, 5.74) is 2.36. The van der Waals surface area contributed by atoms with Crippen LogP contribution in [0.4, 0.5) is 0 Å². The summed E-state index contributed by atoms with van der Waals surface area (Å²) < 4.78 is 0. The van der Waals surface area contributed by atoms with Crippen LogP contribution in [0.2, 0.25) is 0 Å². The molecule has 1 rings (SSSR count). The molecule has 1 aromatic rings. The van der Waals surface area contributed by atoms with Crippen molar-refractivity contribution in [1.29, 1.82) is 0 Å². The Kier molecular flexibility index (Phi) is 4.40. The lowest BCUT2D eigenvalue weighted by Crippen LogP contribution is -2.11. The van der Waals surface area contributed by atoms with Crippen molar-refractivity contribution in [3.8, 4) is 5.75 Å². The van der Waals surface area contributed by atoms with Crippen LogP contribution in [-0.2, 0) is 11.8 Å². The van der Waals surface area contributed by atoms with Crippen LogP contribution in [0.1, 0.15) is 51.2 Å². The zero-order chi connectivity index (χ0) is 12.2. The van der Waals surface area contributed by atoms with Gasteiger partial charge < -0.3 is 5.11 Å². The summed E-state index contributed by atoms with van der Waals surface area (Å²) in [4.78, 5) is 0. The molecule has 0 spiro atoms. The molecule has 1 radical (unpaired) electrons. The van der Waals surface area contributed by atoms with E-state index in [0.29, 0.717) is 5.75 Å². The minimum absolute atomic E-state index is 0.00635. The molecule has 1 N–H and O–H groups in total. The lowest BCUT2D eigenvalue weighted by atomic mass is 9.85. The van der Waals surface area contributed by atoms with Gasteiger partial charge in [-0.2, -0.15) is 0 Å². The second kappa shape index (κ2) is 5.38. The van der Waals surface area contributed by atoms with Crippen LogP contribution in [-0.4, -0.2) is 5.11 Å². The number of hydrogen-bond donors (Lipinski definition) is 1. The van der Waals surface area contributed by atoms with Gasteiger partial charge in [-0.1, -0.05) is 52.7 Å². The molecule has 1 heteroatoms. The number of phenolic OH excluding ortho intramolecular Hbond substituents is 1. The molecule has 0 amide bonds. The van der Waals surface area contributed by atoms with E-state index < -0.39 is 0 Å². The largest absolute Gasteiger partial charge is 0.508 e. The van der Waals surface area contributed by atoms with Crippen molar-refractivity contribution in [2.45, 2.75) is 51.9 Å². The summed E-state index contributed by atoms with van der Waals surface area (Å²) in [6.07, 6.45) is 4.44. The fourth-order valence-corrected chi connectivity index (χ4v) is 1.85. The van der Waals surface area contributed by atoms with Gasteiger partial charge in [0.25, 0.3) is 0 Å². The van der Waals surface area contributed by atoms with Crippen molar-refractivity contribution in [2.75, 3.05) is 0 Å². The maximum atomic E-state index is 9.83. The van der Waals surface area contributed by atoms with Gasteiger partial charge in [0.2, 0.25) is 0 Å². The topological polar surface area (TPSA) is 20.2 Å². The lowest BCUT2D eigenvalue weighted by molar-refractivity contribution is 0.446. The molecule has 1 aromatic carbocycles. The second-order valence-corrected chi connectivity index (χ2v) is 5.41. The third-order valence-corrected chi connectivity index (χ3v) is 2.83. The van der Waals surface area contributed by atoms with E-state index in [4.69, 9.17) is 0 Å². The molecule has 16 heavy (non-hydrogen) atoms. The molecule has 89 valence electrons. The van der Waals surface area contributed by atoms with Gasteiger partial charge in [-0.15, -0.1) is 0 Å². The first-order valence-electron chi connectivity index (χ1n) is 6.07. The van der Waals surface area contributed by atoms with E-state index in [1.807, 2.05) is 12.1 Å². The summed E-state index contributed by atoms with van der Waals surface area (Å²) in [6, 6.07) is 5.98. The van der Waals surface area contributed by atoms with Gasteiger partial charge in [0.15, 0.2) is 0 Å². The third kappa shape index (κ3) is 3.55. The highest BCUT2D eigenvalue weighted by Crippen LogP contribution is 2.31. The summed E-state index contributed by atoms with van der Waals surface area (Å²) in [5.74, 6) is 0.411. The SMILES string of the molecule is [CH2]CCCCc1ccc(O)c(C(C)(C)C)c1. The Balaban J connectivity index is 2.82. The first kappa shape index (κ1) is 13.1. The molecule has 0 aromatic heterocycles. The van der Waals surface area contributed by atoms with Crippen molar-refractivity contribution in [3.63, 3.8) is 0 Å². The van der Waals surface area contributed by atoms with Crippen LogP contribution in [0.5, 0.6) is 5.75 Å². The zero-order valence-corrected chi connectivity index (χ0v) is 10.7. The van der Waals surface area contributed by atoms with Crippen LogP contribution in [0.15, 0.2) is 18.2 Å². The van der Waals surface area contributed by atoms with Gasteiger partial charge in [0.1, 0.15) is 5.75 Å². The highest BCUT2D eigenvalue weighted by atomic mass is 16.3. The fourth-order valence-electron chi connectivity index (χ4n) is 1.85. The van der Waals surface area contributed by atoms with Crippen LogP contribution in [0, 0.1) is 6.92 Å². The third-order valence-electron chi connectivity index (χ3n) is 2.83. The average molecular weight is 219 g/mol. The molecule has 0 saturated heterocycles. The Labute approximate surface area is 99.5 Å². The van der Waals surface area contributed by atoms with Crippen LogP contribution in [0.25, 0.3) is 0 Å². The number of rotatable bonds is 4. The predicted octanol–water partition coefficient (Wildman–Crippen LogP) is 4.24. The molecule has 0 aliphatic carbocycles. The molecular weight excluding hydrogens is 196 g/mol. The van der Waals surface area contributed by atoms with E-state index in [9.17, 15) is 5.11 Å². The molecular formula is C15H23O. The molecule has 0 aliphatic rings. The highest BCUT2D eigenvalue weighted by molar-refractivity contribution is 5.40. The van der Waals surface area contributed by atoms with Gasteiger partial charge >= 0.3 is 0 Å². The van der Waals surface area contributed by atoms with Crippen molar-refractivity contribution >= 4 is 0 Å². The smallest absolute Gasteiger partial charge is 0.119 e. The van der Waals surface area contributed by atoms with Gasteiger partial charge in [-0.25, -0.2) is 0 Å². The average Bonchev–Trinajstić information content (AvgIpc) is 2.19. The molecule has 0 unspecified atom stereocenters. The maximum Gasteiger partial charge on any atom is 0.119 e. The molecule has 0 aliphatic heterocycles. The van der Waals surface area contributed by atoms with E-state index in [1.165, 1.54) is 18.4 Å². The Morgan fingerprint density at radius 2 is 1.88 bits per heavy atom. The number of hydrogen-bond acceptors (Lipinski definition) is 1. The Hall–Kier alpha value is -0.980. The second-order valence-electron chi connectivity index (χ2n) is 5.41. The molecule has 0 fully saturated rings. The summed E-state index contributed by atoms with van der Waals surface area (Å²) in [6.45, 7) is 10.2. The number of benzene rings is 1. The van der Waals surface area contributed by atoms with Gasteiger partial charge in [-0.3, -0.25) is 0 Å². The Morgan fingerprint density at radius 1 is 1.19 bits per heavy atom. The quantitative estimate of drug-likeness (QED) is 0.751. The van der Waals surface area contributed by atoms with Gasteiger partial charge in [-0.05, 0) is 35.4 Å². The first-order valence-corrected chi connectivity index (χ1v) is 6.07. The number of unbranched alkanes of at least 4 members (excludes halogenated alkanes) is 2. The molecule has 0 atom stereocenters. The van der Waals surface area contributed by atoms with Crippen LogP contribution in [0.3, 0.4) is 0 Å². The highest BCUT2D eigenvalue weighted by Gasteiger charge is 2.18. The molecule has 0 bridgehead atoms. The summed E-state index contributed by atoms with van der Waals surface area (Å²) in [7, 11) is 0. The Morgan fingerprint density at radius 3 is 2.44 bits per heavy atom. The Bertz CT molecular complexity index is 334. The van der Waals surface area contributed by atoms with Crippen LogP contribution < -0.4 is 0 Å². The van der Waals surface area contributed by atoms with Crippen molar-refractivity contribution in [3.05, 3.63) is 36.2 Å². The van der Waals surface area contributed by atoms with Crippen molar-refractivity contribution in [1.82, 2.24) is 0 Å². The normalized spacial score (nSPS) is 11.8. The fraction of sp³-hybridized carbons (Fsp3) is 0.533. The minimum Gasteiger partial charge on any atom is -0.508 e. The standard InChI is InChI=1S/C15H23O/c1-5-6-7-8-12-9-10-14(16)13(11-12)15(2,3)4/h9-11,16H,1,5-8H2,2-4H3. The van der Waals surface area contributed by atoms with E-state index in [1.54, 1.807) is 0 Å². The van der Waals surface area contributed by atoms with E-state index in [2.05, 4.69) is 33.8 Å². The molecule has 1 nitrogen and oxygen atoms in total. The van der Waals surface area contributed by atoms with Crippen molar-refractivity contribution < 1.29 is 5.11 Å². The lowest BCUT2D eigenvalue weighted by Gasteiger charge is -2.21. The predicted molar refractivity (Wildman–Crippen MR) is 69.7 cm³/mol. The van der Waals surface area contributed by atoms with E-state index in [-0.39, 0.29) is 5.41 Å². The van der Waals surface area contributed by atoms with Gasteiger partial charge in [0.05, 0.1) is 0 Å². The van der Waals surface area contributed by atoms with E-state index >= 15 is 0 Å². The van der Waals surface area contributed by atoms with E-state index in [0.717, 1.165) is 18.4 Å². The molecule has 0 saturated carbocycles. The maximum absolute atomic E-state index is 9.83. The zero-order valence-electron chi connectivity index (χ0n) is 10.7. The summed E-state index contributed by atoms with van der Waals surface area (Å²) >= 11 is 0. The van der Waals surface area contributed by atoms with Crippen LogP contribution >= 0.6 is 0 Å². The summed E-state index contributed by atoms with van der Waals surface area (Å²) in [5, 5.41) is 9.83. The number of aromatic hydroxyl groups is 1. The number of aryl methyl sites for hydroxylation is 1. The number of phenols is 1. The monoisotopic (exact) mass is 219 g/mol. The molecule has 0 heterocycles. The minimum atomic E-state index is 0.00635. The van der Waals surface area contributed by atoms with Crippen molar-refractivity contribution in [2.24, 2.45) is 0 Å². The van der Waals surface area contributed by atoms with Gasteiger partial charge in [0, 0.05) is 0 Å². The first-order chi connectivity index (χ1) is 7.45.